The number of hydrogen-bond acceptors (Lipinski definition) is 2. The summed E-state index contributed by atoms with van der Waals surface area (Å²) in [7, 11) is 0. The van der Waals surface area contributed by atoms with Gasteiger partial charge in [-0.3, -0.25) is 4.79 Å². The van der Waals surface area contributed by atoms with E-state index in [0.29, 0.717) is 24.5 Å². The first-order valence-electron chi connectivity index (χ1n) is 7.28. The Morgan fingerprint density at radius 3 is 2.90 bits per heavy atom. The fourth-order valence-corrected chi connectivity index (χ4v) is 2.99. The summed E-state index contributed by atoms with van der Waals surface area (Å²) in [5.74, 6) is 0.224. The van der Waals surface area contributed by atoms with Crippen LogP contribution in [0.4, 0.5) is 0 Å². The molecule has 3 nitrogen and oxygen atoms in total. The van der Waals surface area contributed by atoms with Gasteiger partial charge in [0.25, 0.3) is 0 Å². The lowest BCUT2D eigenvalue weighted by Gasteiger charge is -2.30. The van der Waals surface area contributed by atoms with Gasteiger partial charge in [0.2, 0.25) is 5.91 Å². The average molecular weight is 290 g/mol. The smallest absolute Gasteiger partial charge is 0.230 e. The number of nitrogens with two attached hydrogens (primary N) is 1. The van der Waals surface area contributed by atoms with Gasteiger partial charge in [-0.2, -0.15) is 0 Å². The predicted octanol–water partition coefficient (Wildman–Crippen LogP) is 2.63. The lowest BCUT2D eigenvalue weighted by atomic mass is 9.82. The third-order valence-corrected chi connectivity index (χ3v) is 4.19. The van der Waals surface area contributed by atoms with Crippen LogP contribution in [0.5, 0.6) is 0 Å². The Morgan fingerprint density at radius 1 is 1.45 bits per heavy atom. The van der Waals surface area contributed by atoms with Crippen molar-refractivity contribution in [3.8, 4) is 0 Å². The van der Waals surface area contributed by atoms with Crippen LogP contribution in [0.25, 0.3) is 0 Å². The van der Waals surface area contributed by atoms with Crippen LogP contribution in [-0.4, -0.2) is 28.9 Å². The Hall–Kier alpha value is -1.42. The van der Waals surface area contributed by atoms with Gasteiger partial charge in [-0.1, -0.05) is 36.5 Å². The van der Waals surface area contributed by atoms with Gasteiger partial charge in [0.1, 0.15) is 0 Å². The van der Waals surface area contributed by atoms with Gasteiger partial charge in [0.15, 0.2) is 0 Å². The minimum atomic E-state index is 0.00578. The maximum atomic E-state index is 12.7. The van der Waals surface area contributed by atoms with Crippen molar-refractivity contribution in [3.05, 3.63) is 35.4 Å². The van der Waals surface area contributed by atoms with Gasteiger partial charge >= 0.3 is 0 Å². The zero-order chi connectivity index (χ0) is 14.5. The molecule has 1 amide bonds. The lowest BCUT2D eigenvalue weighted by Crippen LogP contribution is -2.38. The molecule has 0 fully saturated rings. The Balaban J connectivity index is 2.14. The molecule has 0 bridgehead atoms. The molecule has 20 heavy (non-hydrogen) atoms. The number of carbonyl (C=O) groups is 1. The molecule has 1 unspecified atom stereocenters. The van der Waals surface area contributed by atoms with E-state index in [2.05, 4.69) is 18.2 Å². The van der Waals surface area contributed by atoms with E-state index in [4.69, 9.17) is 18.0 Å². The Morgan fingerprint density at radius 2 is 2.20 bits per heavy atom. The zero-order valence-electron chi connectivity index (χ0n) is 12.0. The molecule has 0 aliphatic heterocycles. The van der Waals surface area contributed by atoms with Gasteiger partial charge in [-0.25, -0.2) is 0 Å². The summed E-state index contributed by atoms with van der Waals surface area (Å²) in [6.07, 6.45) is 3.71. The summed E-state index contributed by atoms with van der Waals surface area (Å²) in [4.78, 5) is 15.1. The second kappa shape index (κ2) is 6.84. The number of aryl methyl sites for hydroxylation is 1. The van der Waals surface area contributed by atoms with Gasteiger partial charge in [0, 0.05) is 19.5 Å². The van der Waals surface area contributed by atoms with Crippen molar-refractivity contribution in [2.24, 2.45) is 5.73 Å². The molecule has 4 heteroatoms. The molecule has 0 saturated carbocycles. The average Bonchev–Trinajstić information content (AvgIpc) is 2.46. The highest BCUT2D eigenvalue weighted by Crippen LogP contribution is 2.32. The van der Waals surface area contributed by atoms with Gasteiger partial charge in [-0.05, 0) is 37.3 Å². The summed E-state index contributed by atoms with van der Waals surface area (Å²) in [6, 6.07) is 8.31. The second-order valence-corrected chi connectivity index (χ2v) is 5.80. The number of nitrogens with zero attached hydrogens (tertiary/aromatic N) is 1. The molecule has 0 radical (unpaired) electrons. The summed E-state index contributed by atoms with van der Waals surface area (Å²) in [5.41, 5.74) is 8.07. The molecule has 2 rings (SSSR count). The maximum Gasteiger partial charge on any atom is 0.230 e. The van der Waals surface area contributed by atoms with Crippen LogP contribution in [-0.2, 0) is 11.2 Å². The number of rotatable bonds is 5. The molecule has 2 N–H and O–H groups in total. The number of likely N-dealkylation sites (N-methyl/N-ethyl adjacent to an activating group) is 1. The summed E-state index contributed by atoms with van der Waals surface area (Å²) >= 11 is 4.91. The van der Waals surface area contributed by atoms with Crippen molar-refractivity contribution in [1.82, 2.24) is 4.90 Å². The third-order valence-electron chi connectivity index (χ3n) is 3.99. The highest BCUT2D eigenvalue weighted by atomic mass is 32.1. The number of benzene rings is 1. The Bertz CT molecular complexity index is 501. The Labute approximate surface area is 126 Å². The number of carbonyl (C=O) groups excluding carboxylic acids is 1. The summed E-state index contributed by atoms with van der Waals surface area (Å²) in [5, 5.41) is 0. The number of thiocarbonyl (C=S) groups is 1. The van der Waals surface area contributed by atoms with Crippen molar-refractivity contribution in [2.75, 3.05) is 13.1 Å². The molecule has 108 valence electrons. The van der Waals surface area contributed by atoms with Crippen molar-refractivity contribution in [3.63, 3.8) is 0 Å². The zero-order valence-corrected chi connectivity index (χ0v) is 12.8. The first-order valence-corrected chi connectivity index (χ1v) is 7.69. The van der Waals surface area contributed by atoms with E-state index in [-0.39, 0.29) is 11.8 Å². The lowest BCUT2D eigenvalue weighted by molar-refractivity contribution is -0.132. The minimum Gasteiger partial charge on any atom is -0.393 e. The maximum absolute atomic E-state index is 12.7. The van der Waals surface area contributed by atoms with E-state index in [1.54, 1.807) is 0 Å². The third kappa shape index (κ3) is 3.37. The number of amides is 1. The molecule has 0 heterocycles. The molecular formula is C16H22N2OS. The molecule has 1 aliphatic carbocycles. The highest BCUT2D eigenvalue weighted by Gasteiger charge is 2.29. The molecule has 1 aliphatic rings. The fraction of sp³-hybridized carbons (Fsp3) is 0.500. The molecule has 0 spiro atoms. The van der Waals surface area contributed by atoms with Crippen LogP contribution in [0.2, 0.25) is 0 Å². The van der Waals surface area contributed by atoms with Crippen LogP contribution in [0.1, 0.15) is 43.2 Å². The topological polar surface area (TPSA) is 46.3 Å². The summed E-state index contributed by atoms with van der Waals surface area (Å²) < 4.78 is 0. The van der Waals surface area contributed by atoms with Crippen molar-refractivity contribution in [2.45, 2.75) is 38.5 Å². The Kier molecular flexibility index (Phi) is 5.12. The minimum absolute atomic E-state index is 0.00578. The van der Waals surface area contributed by atoms with Crippen molar-refractivity contribution in [1.29, 1.82) is 0 Å². The van der Waals surface area contributed by atoms with Crippen LogP contribution in [0, 0.1) is 0 Å². The number of fused-ring (bicyclic) bond motifs is 1. The van der Waals surface area contributed by atoms with Crippen LogP contribution >= 0.6 is 12.2 Å². The van der Waals surface area contributed by atoms with Gasteiger partial charge in [-0.15, -0.1) is 0 Å². The normalized spacial score (nSPS) is 17.4. The van der Waals surface area contributed by atoms with Crippen LogP contribution < -0.4 is 5.73 Å². The first-order chi connectivity index (χ1) is 9.63. The molecular weight excluding hydrogens is 268 g/mol. The van der Waals surface area contributed by atoms with Crippen LogP contribution in [0.15, 0.2) is 24.3 Å². The molecule has 0 aromatic heterocycles. The number of hydrogen-bond donors (Lipinski definition) is 1. The van der Waals surface area contributed by atoms with E-state index in [9.17, 15) is 4.79 Å². The first kappa shape index (κ1) is 15.0. The van der Waals surface area contributed by atoms with E-state index in [1.165, 1.54) is 11.1 Å². The van der Waals surface area contributed by atoms with E-state index in [0.717, 1.165) is 19.3 Å². The SMILES string of the molecule is CCN(CCC(N)=S)C(=O)C1CCCc2ccccc21. The predicted molar refractivity (Wildman–Crippen MR) is 85.8 cm³/mol. The second-order valence-electron chi connectivity index (χ2n) is 5.28. The van der Waals surface area contributed by atoms with E-state index >= 15 is 0 Å². The molecule has 0 saturated heterocycles. The largest absolute Gasteiger partial charge is 0.393 e. The van der Waals surface area contributed by atoms with E-state index in [1.807, 2.05) is 17.9 Å². The standard InChI is InChI=1S/C16H22N2OS/c1-2-18(11-10-15(17)20)16(19)14-9-5-7-12-6-3-4-8-13(12)14/h3-4,6,8,14H,2,5,7,9-11H2,1H3,(H2,17,20). The molecule has 1 atom stereocenters. The van der Waals surface area contributed by atoms with Crippen molar-refractivity contribution < 1.29 is 4.79 Å². The quantitative estimate of drug-likeness (QED) is 0.848. The van der Waals surface area contributed by atoms with Gasteiger partial charge < -0.3 is 10.6 Å². The molecule has 1 aromatic rings. The fourth-order valence-electron chi connectivity index (χ4n) is 2.90. The highest BCUT2D eigenvalue weighted by molar-refractivity contribution is 7.80. The van der Waals surface area contributed by atoms with E-state index < -0.39 is 0 Å². The van der Waals surface area contributed by atoms with Crippen LogP contribution in [0.3, 0.4) is 0 Å². The monoisotopic (exact) mass is 290 g/mol. The van der Waals surface area contributed by atoms with Crippen molar-refractivity contribution >= 4 is 23.1 Å². The van der Waals surface area contributed by atoms with Gasteiger partial charge in [0.05, 0.1) is 10.9 Å². The molecule has 1 aromatic carbocycles. The summed E-state index contributed by atoms with van der Waals surface area (Å²) in [6.45, 7) is 3.34.